The van der Waals surface area contributed by atoms with Gasteiger partial charge in [-0.1, -0.05) is 12.1 Å². The van der Waals surface area contributed by atoms with Crippen molar-refractivity contribution in [3.8, 4) is 11.5 Å². The van der Waals surface area contributed by atoms with Crippen molar-refractivity contribution in [1.82, 2.24) is 4.90 Å². The zero-order valence-corrected chi connectivity index (χ0v) is 12.1. The highest BCUT2D eigenvalue weighted by Gasteiger charge is 2.31. The van der Waals surface area contributed by atoms with Crippen molar-refractivity contribution in [2.45, 2.75) is 31.9 Å². The summed E-state index contributed by atoms with van der Waals surface area (Å²) < 4.78 is 11.9. The van der Waals surface area contributed by atoms with Crippen molar-refractivity contribution in [2.24, 2.45) is 11.7 Å². The molecule has 0 radical (unpaired) electrons. The van der Waals surface area contributed by atoms with Crippen LogP contribution >= 0.6 is 0 Å². The van der Waals surface area contributed by atoms with Gasteiger partial charge in [0.1, 0.15) is 12.7 Å². The molecule has 0 aliphatic carbocycles. The number of rotatable bonds is 3. The molecule has 0 amide bonds. The van der Waals surface area contributed by atoms with Crippen molar-refractivity contribution < 1.29 is 9.47 Å². The van der Waals surface area contributed by atoms with E-state index in [1.54, 1.807) is 0 Å². The number of para-hydroxylation sites is 2. The maximum absolute atomic E-state index is 6.11. The second-order valence-corrected chi connectivity index (χ2v) is 5.87. The Kier molecular flexibility index (Phi) is 4.13. The van der Waals surface area contributed by atoms with Gasteiger partial charge in [0.2, 0.25) is 0 Å². The molecule has 1 saturated heterocycles. The zero-order chi connectivity index (χ0) is 13.9. The molecule has 0 aromatic heterocycles. The third-order valence-electron chi connectivity index (χ3n) is 4.63. The van der Waals surface area contributed by atoms with Crippen LogP contribution < -0.4 is 15.2 Å². The molecule has 4 nitrogen and oxygen atoms in total. The third kappa shape index (κ3) is 2.76. The molecule has 1 aromatic rings. The standard InChI is InChI=1S/C16H24N2O2/c1-12(18-8-6-13(10-17)7-9-18)16-11-19-14-4-2-3-5-15(14)20-16/h2-5,12-13,16H,6-11,17H2,1H3. The molecule has 0 bridgehead atoms. The fourth-order valence-corrected chi connectivity index (χ4v) is 3.10. The van der Waals surface area contributed by atoms with Crippen molar-refractivity contribution in [3.05, 3.63) is 24.3 Å². The van der Waals surface area contributed by atoms with Crippen LogP contribution in [0.1, 0.15) is 19.8 Å². The molecule has 2 aliphatic heterocycles. The predicted octanol–water partition coefficient (Wildman–Crippen LogP) is 1.89. The van der Waals surface area contributed by atoms with E-state index in [2.05, 4.69) is 11.8 Å². The van der Waals surface area contributed by atoms with Crippen LogP contribution in [0, 0.1) is 5.92 Å². The maximum Gasteiger partial charge on any atom is 0.161 e. The zero-order valence-electron chi connectivity index (χ0n) is 12.1. The smallest absolute Gasteiger partial charge is 0.161 e. The summed E-state index contributed by atoms with van der Waals surface area (Å²) in [5, 5.41) is 0. The van der Waals surface area contributed by atoms with Crippen LogP contribution in [0.4, 0.5) is 0 Å². The van der Waals surface area contributed by atoms with Crippen LogP contribution in [-0.2, 0) is 0 Å². The Morgan fingerprint density at radius 3 is 2.65 bits per heavy atom. The average molecular weight is 276 g/mol. The number of likely N-dealkylation sites (tertiary alicyclic amines) is 1. The molecular formula is C16H24N2O2. The van der Waals surface area contributed by atoms with Crippen molar-refractivity contribution in [1.29, 1.82) is 0 Å². The summed E-state index contributed by atoms with van der Waals surface area (Å²) in [7, 11) is 0. The minimum atomic E-state index is 0.110. The highest BCUT2D eigenvalue weighted by molar-refractivity contribution is 5.40. The molecule has 1 fully saturated rings. The second kappa shape index (κ2) is 6.02. The Morgan fingerprint density at radius 1 is 1.25 bits per heavy atom. The van der Waals surface area contributed by atoms with E-state index >= 15 is 0 Å². The number of hydrogen-bond donors (Lipinski definition) is 1. The van der Waals surface area contributed by atoms with Crippen LogP contribution in [0.25, 0.3) is 0 Å². The van der Waals surface area contributed by atoms with E-state index in [-0.39, 0.29) is 6.10 Å². The van der Waals surface area contributed by atoms with Gasteiger partial charge >= 0.3 is 0 Å². The van der Waals surface area contributed by atoms with Gasteiger partial charge in [-0.05, 0) is 57.5 Å². The van der Waals surface area contributed by atoms with Gasteiger partial charge in [0.25, 0.3) is 0 Å². The lowest BCUT2D eigenvalue weighted by Gasteiger charge is -2.40. The first-order chi connectivity index (χ1) is 9.78. The van der Waals surface area contributed by atoms with Crippen LogP contribution in [0.15, 0.2) is 24.3 Å². The Bertz CT molecular complexity index is 444. The first-order valence-electron chi connectivity index (χ1n) is 7.60. The van der Waals surface area contributed by atoms with Crippen LogP contribution in [-0.4, -0.2) is 43.3 Å². The summed E-state index contributed by atoms with van der Waals surface area (Å²) in [6, 6.07) is 8.28. The molecule has 0 saturated carbocycles. The SMILES string of the molecule is CC(C1COc2ccccc2O1)N1CCC(CN)CC1. The molecule has 2 N–H and O–H groups in total. The van der Waals surface area contributed by atoms with Gasteiger partial charge in [-0.25, -0.2) is 0 Å². The number of fused-ring (bicyclic) bond motifs is 1. The van der Waals surface area contributed by atoms with E-state index in [1.165, 1.54) is 12.8 Å². The first-order valence-corrected chi connectivity index (χ1v) is 7.60. The number of piperidine rings is 1. The summed E-state index contributed by atoms with van der Waals surface area (Å²) in [6.45, 7) is 5.92. The molecule has 110 valence electrons. The summed E-state index contributed by atoms with van der Waals surface area (Å²) in [6.07, 6.45) is 2.51. The molecule has 2 unspecified atom stereocenters. The van der Waals surface area contributed by atoms with Gasteiger partial charge in [0, 0.05) is 6.04 Å². The monoisotopic (exact) mass is 276 g/mol. The van der Waals surface area contributed by atoms with E-state index in [0.29, 0.717) is 18.6 Å². The number of nitrogens with two attached hydrogens (primary N) is 1. The Balaban J connectivity index is 1.60. The van der Waals surface area contributed by atoms with Gasteiger partial charge in [-0.3, -0.25) is 4.90 Å². The van der Waals surface area contributed by atoms with Gasteiger partial charge in [0.05, 0.1) is 0 Å². The molecule has 2 heterocycles. The highest BCUT2D eigenvalue weighted by atomic mass is 16.6. The van der Waals surface area contributed by atoms with Gasteiger partial charge in [-0.2, -0.15) is 0 Å². The Hall–Kier alpha value is -1.26. The van der Waals surface area contributed by atoms with E-state index < -0.39 is 0 Å². The molecular weight excluding hydrogens is 252 g/mol. The minimum absolute atomic E-state index is 0.110. The lowest BCUT2D eigenvalue weighted by atomic mass is 9.95. The van der Waals surface area contributed by atoms with Crippen molar-refractivity contribution >= 4 is 0 Å². The minimum Gasteiger partial charge on any atom is -0.486 e. The van der Waals surface area contributed by atoms with E-state index in [0.717, 1.165) is 31.1 Å². The quantitative estimate of drug-likeness (QED) is 0.916. The Labute approximate surface area is 120 Å². The van der Waals surface area contributed by atoms with Crippen LogP contribution in [0.5, 0.6) is 11.5 Å². The number of benzene rings is 1. The largest absolute Gasteiger partial charge is 0.486 e. The topological polar surface area (TPSA) is 47.7 Å². The van der Waals surface area contributed by atoms with E-state index in [9.17, 15) is 0 Å². The van der Waals surface area contributed by atoms with E-state index in [1.807, 2.05) is 24.3 Å². The first kappa shape index (κ1) is 13.7. The molecule has 20 heavy (non-hydrogen) atoms. The van der Waals surface area contributed by atoms with Gasteiger partial charge in [0.15, 0.2) is 11.5 Å². The lowest BCUT2D eigenvalue weighted by molar-refractivity contribution is 0.00882. The van der Waals surface area contributed by atoms with Gasteiger partial charge < -0.3 is 15.2 Å². The fraction of sp³-hybridized carbons (Fsp3) is 0.625. The second-order valence-electron chi connectivity index (χ2n) is 5.87. The molecule has 1 aromatic carbocycles. The summed E-state index contributed by atoms with van der Waals surface area (Å²) in [5.74, 6) is 2.42. The predicted molar refractivity (Wildman–Crippen MR) is 79.2 cm³/mol. The molecule has 2 atom stereocenters. The van der Waals surface area contributed by atoms with Gasteiger partial charge in [-0.15, -0.1) is 0 Å². The molecule has 4 heteroatoms. The normalized spacial score (nSPS) is 25.4. The van der Waals surface area contributed by atoms with Crippen LogP contribution in [0.3, 0.4) is 0 Å². The summed E-state index contributed by atoms with van der Waals surface area (Å²) >= 11 is 0. The lowest BCUT2D eigenvalue weighted by Crippen LogP contribution is -2.51. The van der Waals surface area contributed by atoms with Crippen molar-refractivity contribution in [3.63, 3.8) is 0 Å². The molecule has 0 spiro atoms. The van der Waals surface area contributed by atoms with Crippen LogP contribution in [0.2, 0.25) is 0 Å². The maximum atomic E-state index is 6.11. The third-order valence-corrected chi connectivity index (χ3v) is 4.63. The average Bonchev–Trinajstić information content (AvgIpc) is 2.54. The molecule has 3 rings (SSSR count). The fourth-order valence-electron chi connectivity index (χ4n) is 3.10. The van der Waals surface area contributed by atoms with Crippen molar-refractivity contribution in [2.75, 3.05) is 26.2 Å². The summed E-state index contributed by atoms with van der Waals surface area (Å²) in [4.78, 5) is 2.51. The van der Waals surface area contributed by atoms with E-state index in [4.69, 9.17) is 15.2 Å². The number of nitrogens with zero attached hydrogens (tertiary/aromatic N) is 1. The number of ether oxygens (including phenoxy) is 2. The molecule has 2 aliphatic rings. The summed E-state index contributed by atoms with van der Waals surface area (Å²) in [5.41, 5.74) is 5.76. The highest BCUT2D eigenvalue weighted by Crippen LogP contribution is 2.32. The number of hydrogen-bond acceptors (Lipinski definition) is 4. The Morgan fingerprint density at radius 2 is 1.95 bits per heavy atom.